The molecule has 1 rings (SSSR count). The molecule has 0 aromatic carbocycles. The molecule has 0 radical (unpaired) electrons. The highest BCUT2D eigenvalue weighted by molar-refractivity contribution is 6.52. The molecule has 2 N–H and O–H groups in total. The monoisotopic (exact) mass is 190 g/mol. The van der Waals surface area contributed by atoms with E-state index in [-0.39, 0.29) is 0 Å². The number of aromatic nitrogens is 1. The van der Waals surface area contributed by atoms with Crippen LogP contribution in [0.25, 0.3) is 6.08 Å². The summed E-state index contributed by atoms with van der Waals surface area (Å²) in [5, 5.41) is 11.8. The highest BCUT2D eigenvalue weighted by atomic mass is 16.2. The highest BCUT2D eigenvalue weighted by Crippen LogP contribution is 2.08. The van der Waals surface area contributed by atoms with Gasteiger partial charge in [0.25, 0.3) is 0 Å². The zero-order valence-electron chi connectivity index (χ0n) is 7.84. The zero-order chi connectivity index (χ0) is 10.4. The second-order valence-corrected chi connectivity index (χ2v) is 2.79. The molecule has 0 atom stereocenters. The van der Waals surface area contributed by atoms with E-state index in [1.807, 2.05) is 0 Å². The van der Waals surface area contributed by atoms with Gasteiger partial charge in [-0.1, -0.05) is 6.08 Å². The Morgan fingerprint density at radius 2 is 2.43 bits per heavy atom. The van der Waals surface area contributed by atoms with Gasteiger partial charge in [0, 0.05) is 6.20 Å². The van der Waals surface area contributed by atoms with Gasteiger partial charge in [-0.25, -0.2) is 4.98 Å². The summed E-state index contributed by atoms with van der Waals surface area (Å²) >= 11 is 0. The number of pyridine rings is 1. The predicted molar refractivity (Wildman–Crippen MR) is 56.8 cm³/mol. The summed E-state index contributed by atoms with van der Waals surface area (Å²) in [6.07, 6.45) is 5.39. The molecule has 1 aromatic heterocycles. The van der Waals surface area contributed by atoms with Crippen molar-refractivity contribution >= 4 is 25.2 Å². The average Bonchev–Trinajstić information content (AvgIpc) is 2.14. The number of allylic oxidation sites excluding steroid dienone is 1. The van der Waals surface area contributed by atoms with Crippen molar-refractivity contribution in [3.8, 4) is 0 Å². The Balaban J connectivity index is 2.78. The maximum Gasteiger partial charge on any atom is 0.408 e. The fourth-order valence-corrected chi connectivity index (χ4v) is 0.994. The van der Waals surface area contributed by atoms with E-state index < -0.39 is 7.05 Å². The Morgan fingerprint density at radius 1 is 1.64 bits per heavy atom. The maximum absolute atomic E-state index is 10.1. The second kappa shape index (κ2) is 5.19. The van der Waals surface area contributed by atoms with Crippen molar-refractivity contribution in [2.45, 2.75) is 6.82 Å². The van der Waals surface area contributed by atoms with Crippen LogP contribution in [-0.2, 0) is 4.79 Å². The number of nitrogens with one attached hydrogen (secondary N) is 1. The molecule has 0 amide bonds. The van der Waals surface area contributed by atoms with Crippen LogP contribution in [0.4, 0.5) is 5.82 Å². The summed E-state index contributed by atoms with van der Waals surface area (Å²) in [5.41, 5.74) is 0.857. The fourth-order valence-electron chi connectivity index (χ4n) is 0.994. The van der Waals surface area contributed by atoms with Gasteiger partial charge in [0.05, 0.1) is 0 Å². The Morgan fingerprint density at radius 3 is 3.07 bits per heavy atom. The van der Waals surface area contributed by atoms with Crippen LogP contribution < -0.4 is 5.23 Å². The van der Waals surface area contributed by atoms with Crippen molar-refractivity contribution in [2.24, 2.45) is 0 Å². The molecule has 0 aliphatic rings. The Kier molecular flexibility index (Phi) is 3.88. The van der Waals surface area contributed by atoms with Gasteiger partial charge in [0.1, 0.15) is 12.1 Å². The van der Waals surface area contributed by atoms with E-state index in [4.69, 9.17) is 5.02 Å². The molecule has 0 saturated carbocycles. The van der Waals surface area contributed by atoms with Crippen LogP contribution in [0.5, 0.6) is 0 Å². The van der Waals surface area contributed by atoms with Gasteiger partial charge in [0.2, 0.25) is 0 Å². The molecule has 5 heteroatoms. The SMILES string of the molecule is CB(O)Nc1cc(/C=C/C=O)ccn1. The summed E-state index contributed by atoms with van der Waals surface area (Å²) in [5.74, 6) is 0.577. The summed E-state index contributed by atoms with van der Waals surface area (Å²) in [7, 11) is -0.646. The first-order valence-corrected chi connectivity index (χ1v) is 4.25. The first-order valence-electron chi connectivity index (χ1n) is 4.25. The van der Waals surface area contributed by atoms with E-state index in [2.05, 4.69) is 10.2 Å². The molecule has 72 valence electrons. The molecule has 0 spiro atoms. The van der Waals surface area contributed by atoms with Crippen molar-refractivity contribution in [2.75, 3.05) is 5.23 Å². The molecule has 0 fully saturated rings. The van der Waals surface area contributed by atoms with Crippen LogP contribution in [0.3, 0.4) is 0 Å². The lowest BCUT2D eigenvalue weighted by atomic mass is 9.89. The summed E-state index contributed by atoms with van der Waals surface area (Å²) in [6, 6.07) is 3.51. The van der Waals surface area contributed by atoms with Gasteiger partial charge in [-0.3, -0.25) is 4.79 Å². The smallest absolute Gasteiger partial charge is 0.408 e. The van der Waals surface area contributed by atoms with E-state index in [1.165, 1.54) is 6.08 Å². The highest BCUT2D eigenvalue weighted by Gasteiger charge is 2.02. The molecular formula is C9H11BN2O2. The van der Waals surface area contributed by atoms with Crippen LogP contribution in [0.1, 0.15) is 5.56 Å². The van der Waals surface area contributed by atoms with Crippen LogP contribution in [-0.4, -0.2) is 23.3 Å². The average molecular weight is 190 g/mol. The molecule has 0 aliphatic carbocycles. The number of carbonyl (C=O) groups excluding carboxylic acids is 1. The molecule has 0 unspecified atom stereocenters. The molecule has 1 aromatic rings. The Labute approximate surface area is 82.8 Å². The molecule has 0 saturated heterocycles. The normalized spacial score (nSPS) is 10.1. The van der Waals surface area contributed by atoms with Crippen molar-refractivity contribution in [3.63, 3.8) is 0 Å². The van der Waals surface area contributed by atoms with E-state index in [1.54, 1.807) is 31.2 Å². The number of nitrogens with zero attached hydrogens (tertiary/aromatic N) is 1. The number of hydrogen-bond donors (Lipinski definition) is 2. The first-order chi connectivity index (χ1) is 6.72. The van der Waals surface area contributed by atoms with Crippen LogP contribution in [0.2, 0.25) is 6.82 Å². The van der Waals surface area contributed by atoms with Crippen LogP contribution in [0.15, 0.2) is 24.4 Å². The van der Waals surface area contributed by atoms with Crippen molar-refractivity contribution < 1.29 is 9.82 Å². The van der Waals surface area contributed by atoms with Crippen molar-refractivity contribution in [1.82, 2.24) is 4.98 Å². The standard InChI is InChI=1S/C9H11BN2O2/c1-10(14)12-9-7-8(3-2-6-13)4-5-11-9/h2-7,14H,1H3,(H,11,12)/b3-2+. The van der Waals surface area contributed by atoms with Crippen LogP contribution in [0, 0.1) is 0 Å². The second-order valence-electron chi connectivity index (χ2n) is 2.79. The fraction of sp³-hybridized carbons (Fsp3) is 0.111. The van der Waals surface area contributed by atoms with E-state index in [0.29, 0.717) is 12.1 Å². The first kappa shape index (κ1) is 10.5. The van der Waals surface area contributed by atoms with Gasteiger partial charge in [-0.15, -0.1) is 0 Å². The number of aldehydes is 1. The largest absolute Gasteiger partial charge is 0.433 e. The molecular weight excluding hydrogens is 179 g/mol. The maximum atomic E-state index is 10.1. The lowest BCUT2D eigenvalue weighted by Crippen LogP contribution is -2.20. The van der Waals surface area contributed by atoms with Crippen LogP contribution >= 0.6 is 0 Å². The lowest BCUT2D eigenvalue weighted by molar-refractivity contribution is -0.104. The Hall–Kier alpha value is -1.62. The van der Waals surface area contributed by atoms with Crippen molar-refractivity contribution in [1.29, 1.82) is 0 Å². The number of carbonyl (C=O) groups is 1. The van der Waals surface area contributed by atoms with Gasteiger partial charge >= 0.3 is 7.05 Å². The van der Waals surface area contributed by atoms with E-state index in [0.717, 1.165) is 5.56 Å². The topological polar surface area (TPSA) is 62.2 Å². The minimum Gasteiger partial charge on any atom is -0.433 e. The van der Waals surface area contributed by atoms with Gasteiger partial charge in [-0.05, 0) is 30.6 Å². The van der Waals surface area contributed by atoms with Crippen molar-refractivity contribution in [3.05, 3.63) is 30.0 Å². The number of hydrogen-bond acceptors (Lipinski definition) is 4. The third kappa shape index (κ3) is 3.41. The third-order valence-electron chi connectivity index (χ3n) is 1.51. The van der Waals surface area contributed by atoms with Gasteiger partial charge in [-0.2, -0.15) is 0 Å². The van der Waals surface area contributed by atoms with Gasteiger partial charge < -0.3 is 10.3 Å². The zero-order valence-corrected chi connectivity index (χ0v) is 7.84. The number of anilines is 1. The summed E-state index contributed by atoms with van der Waals surface area (Å²) in [4.78, 5) is 14.1. The quantitative estimate of drug-likeness (QED) is 0.419. The lowest BCUT2D eigenvalue weighted by Gasteiger charge is -2.04. The predicted octanol–water partition coefficient (Wildman–Crippen LogP) is 0.816. The van der Waals surface area contributed by atoms with Gasteiger partial charge in [0.15, 0.2) is 0 Å². The molecule has 4 nitrogen and oxygen atoms in total. The molecule has 1 heterocycles. The molecule has 0 bridgehead atoms. The summed E-state index contributed by atoms with van der Waals surface area (Å²) < 4.78 is 0. The Bertz CT molecular complexity index is 339. The molecule has 0 aliphatic heterocycles. The minimum atomic E-state index is -0.646. The molecule has 14 heavy (non-hydrogen) atoms. The minimum absolute atomic E-state index is 0.577. The van der Waals surface area contributed by atoms with E-state index in [9.17, 15) is 4.79 Å². The number of rotatable bonds is 4. The van der Waals surface area contributed by atoms with E-state index >= 15 is 0 Å². The summed E-state index contributed by atoms with van der Waals surface area (Å²) in [6.45, 7) is 1.61. The third-order valence-corrected chi connectivity index (χ3v) is 1.51.